The van der Waals surface area contributed by atoms with Gasteiger partial charge in [-0.15, -0.1) is 0 Å². The minimum Gasteiger partial charge on any atom is -0.257 e. The SMILES string of the molecule is CCc1ncc(Cl)c(C(C)C)c1F. The van der Waals surface area contributed by atoms with Gasteiger partial charge in [0.25, 0.3) is 0 Å². The van der Waals surface area contributed by atoms with Gasteiger partial charge < -0.3 is 0 Å². The molecule has 0 radical (unpaired) electrons. The Balaban J connectivity index is 3.30. The standard InChI is InChI=1S/C10H13ClFN/c1-4-8-10(12)9(6(2)3)7(11)5-13-8/h5-6H,4H2,1-3H3. The van der Waals surface area contributed by atoms with Crippen LogP contribution >= 0.6 is 11.6 Å². The van der Waals surface area contributed by atoms with Gasteiger partial charge in [-0.25, -0.2) is 4.39 Å². The number of aromatic nitrogens is 1. The van der Waals surface area contributed by atoms with Gasteiger partial charge in [0.2, 0.25) is 0 Å². The van der Waals surface area contributed by atoms with Gasteiger partial charge in [-0.05, 0) is 12.3 Å². The summed E-state index contributed by atoms with van der Waals surface area (Å²) in [4.78, 5) is 3.93. The van der Waals surface area contributed by atoms with Crippen LogP contribution in [0.5, 0.6) is 0 Å². The second-order valence-corrected chi connectivity index (χ2v) is 3.70. The molecule has 3 heteroatoms. The summed E-state index contributed by atoms with van der Waals surface area (Å²) in [6.45, 7) is 5.72. The van der Waals surface area contributed by atoms with Crippen LogP contribution in [0, 0.1) is 5.82 Å². The van der Waals surface area contributed by atoms with Crippen molar-refractivity contribution in [3.8, 4) is 0 Å². The number of hydrogen-bond donors (Lipinski definition) is 0. The van der Waals surface area contributed by atoms with E-state index in [4.69, 9.17) is 11.6 Å². The molecule has 1 nitrogen and oxygen atoms in total. The molecule has 0 aliphatic rings. The molecule has 0 atom stereocenters. The highest BCUT2D eigenvalue weighted by molar-refractivity contribution is 6.31. The van der Waals surface area contributed by atoms with E-state index in [-0.39, 0.29) is 11.7 Å². The van der Waals surface area contributed by atoms with Crippen molar-refractivity contribution >= 4 is 11.6 Å². The molecular formula is C10H13ClFN. The van der Waals surface area contributed by atoms with Crippen LogP contribution < -0.4 is 0 Å². The van der Waals surface area contributed by atoms with Crippen molar-refractivity contribution in [3.63, 3.8) is 0 Å². The molecule has 13 heavy (non-hydrogen) atoms. The highest BCUT2D eigenvalue weighted by Gasteiger charge is 2.15. The van der Waals surface area contributed by atoms with Crippen LogP contribution in [0.3, 0.4) is 0 Å². The van der Waals surface area contributed by atoms with E-state index >= 15 is 0 Å². The molecule has 1 heterocycles. The summed E-state index contributed by atoms with van der Waals surface area (Å²) in [6.07, 6.45) is 2.13. The molecule has 0 aromatic carbocycles. The highest BCUT2D eigenvalue weighted by atomic mass is 35.5. The Labute approximate surface area is 82.9 Å². The molecule has 1 aromatic heterocycles. The van der Waals surface area contributed by atoms with E-state index in [1.807, 2.05) is 20.8 Å². The molecule has 0 amide bonds. The van der Waals surface area contributed by atoms with Crippen molar-refractivity contribution in [3.05, 3.63) is 28.3 Å². The van der Waals surface area contributed by atoms with E-state index < -0.39 is 0 Å². The third kappa shape index (κ3) is 1.99. The fourth-order valence-electron chi connectivity index (χ4n) is 1.30. The van der Waals surface area contributed by atoms with Gasteiger partial charge in [-0.2, -0.15) is 0 Å². The molecule has 0 N–H and O–H groups in total. The maximum atomic E-state index is 13.6. The molecule has 0 aliphatic carbocycles. The quantitative estimate of drug-likeness (QED) is 0.713. The van der Waals surface area contributed by atoms with Gasteiger partial charge >= 0.3 is 0 Å². The second kappa shape index (κ2) is 4.05. The Kier molecular flexibility index (Phi) is 3.26. The van der Waals surface area contributed by atoms with Gasteiger partial charge in [0.15, 0.2) is 0 Å². The minimum atomic E-state index is -0.245. The molecule has 0 saturated heterocycles. The minimum absolute atomic E-state index is 0.0980. The zero-order chi connectivity index (χ0) is 10.0. The highest BCUT2D eigenvalue weighted by Crippen LogP contribution is 2.27. The fraction of sp³-hybridized carbons (Fsp3) is 0.500. The lowest BCUT2D eigenvalue weighted by atomic mass is 10.0. The topological polar surface area (TPSA) is 12.9 Å². The average molecular weight is 202 g/mol. The normalized spacial score (nSPS) is 10.9. The van der Waals surface area contributed by atoms with Crippen molar-refractivity contribution in [2.45, 2.75) is 33.1 Å². The second-order valence-electron chi connectivity index (χ2n) is 3.29. The van der Waals surface area contributed by atoms with Crippen molar-refractivity contribution in [1.82, 2.24) is 4.98 Å². The van der Waals surface area contributed by atoms with Gasteiger partial charge in [0.1, 0.15) is 5.82 Å². The number of halogens is 2. The van der Waals surface area contributed by atoms with Crippen molar-refractivity contribution in [2.75, 3.05) is 0 Å². The van der Waals surface area contributed by atoms with Crippen LogP contribution in [0.4, 0.5) is 4.39 Å². The molecule has 0 spiro atoms. The lowest BCUT2D eigenvalue weighted by Crippen LogP contribution is -2.01. The molecule has 0 fully saturated rings. The van der Waals surface area contributed by atoms with Gasteiger partial charge in [0, 0.05) is 11.8 Å². The third-order valence-corrected chi connectivity index (χ3v) is 2.29. The van der Waals surface area contributed by atoms with Crippen LogP contribution in [0.2, 0.25) is 5.02 Å². The molecule has 1 rings (SSSR count). The summed E-state index contributed by atoms with van der Waals surface area (Å²) in [5.74, 6) is -0.147. The predicted octanol–water partition coefficient (Wildman–Crippen LogP) is 3.56. The van der Waals surface area contributed by atoms with Gasteiger partial charge in [-0.3, -0.25) is 4.98 Å². The Morgan fingerprint density at radius 2 is 2.15 bits per heavy atom. The van der Waals surface area contributed by atoms with Crippen molar-refractivity contribution < 1.29 is 4.39 Å². The zero-order valence-corrected chi connectivity index (χ0v) is 8.82. The fourth-order valence-corrected chi connectivity index (χ4v) is 1.65. The summed E-state index contributed by atoms with van der Waals surface area (Å²) in [5.41, 5.74) is 1.07. The number of aryl methyl sites for hydroxylation is 1. The summed E-state index contributed by atoms with van der Waals surface area (Å²) < 4.78 is 13.6. The first-order chi connectivity index (χ1) is 6.07. The smallest absolute Gasteiger partial charge is 0.149 e. The predicted molar refractivity (Wildman–Crippen MR) is 52.7 cm³/mol. The Hall–Kier alpha value is -0.630. The number of hydrogen-bond acceptors (Lipinski definition) is 1. The van der Waals surface area contributed by atoms with Crippen molar-refractivity contribution in [1.29, 1.82) is 0 Å². The number of rotatable bonds is 2. The molecule has 72 valence electrons. The van der Waals surface area contributed by atoms with Crippen LogP contribution in [0.25, 0.3) is 0 Å². The Morgan fingerprint density at radius 3 is 2.62 bits per heavy atom. The first kappa shape index (κ1) is 10.5. The van der Waals surface area contributed by atoms with Crippen LogP contribution in [0.15, 0.2) is 6.20 Å². The summed E-state index contributed by atoms with van der Waals surface area (Å²) >= 11 is 5.85. The Morgan fingerprint density at radius 1 is 1.54 bits per heavy atom. The first-order valence-corrected chi connectivity index (χ1v) is 4.78. The molecule has 0 bridgehead atoms. The average Bonchev–Trinajstić information content (AvgIpc) is 2.04. The summed E-state index contributed by atoms with van der Waals surface area (Å²) in [6, 6.07) is 0. The van der Waals surface area contributed by atoms with E-state index in [1.54, 1.807) is 0 Å². The lowest BCUT2D eigenvalue weighted by molar-refractivity contribution is 0.574. The number of pyridine rings is 1. The zero-order valence-electron chi connectivity index (χ0n) is 8.06. The van der Waals surface area contributed by atoms with Crippen molar-refractivity contribution in [2.24, 2.45) is 0 Å². The molecule has 0 aliphatic heterocycles. The monoisotopic (exact) mass is 201 g/mol. The molecule has 0 unspecified atom stereocenters. The lowest BCUT2D eigenvalue weighted by Gasteiger charge is -2.11. The van der Waals surface area contributed by atoms with E-state index in [2.05, 4.69) is 4.98 Å². The van der Waals surface area contributed by atoms with Crippen LogP contribution in [0.1, 0.15) is 37.9 Å². The summed E-state index contributed by atoms with van der Waals surface area (Å²) in [5, 5.41) is 0.421. The molecular weight excluding hydrogens is 189 g/mol. The maximum Gasteiger partial charge on any atom is 0.149 e. The van der Waals surface area contributed by atoms with Gasteiger partial charge in [0.05, 0.1) is 10.7 Å². The van der Waals surface area contributed by atoms with E-state index in [0.717, 1.165) is 0 Å². The third-order valence-electron chi connectivity index (χ3n) is 1.99. The van der Waals surface area contributed by atoms with E-state index in [0.29, 0.717) is 22.7 Å². The van der Waals surface area contributed by atoms with Gasteiger partial charge in [-0.1, -0.05) is 32.4 Å². The maximum absolute atomic E-state index is 13.6. The van der Waals surface area contributed by atoms with E-state index in [1.165, 1.54) is 6.20 Å². The Bertz CT molecular complexity index is 310. The van der Waals surface area contributed by atoms with Crippen LogP contribution in [-0.2, 0) is 6.42 Å². The molecule has 1 aromatic rings. The van der Waals surface area contributed by atoms with E-state index in [9.17, 15) is 4.39 Å². The molecule has 0 saturated carbocycles. The first-order valence-electron chi connectivity index (χ1n) is 4.40. The van der Waals surface area contributed by atoms with Crippen LogP contribution in [-0.4, -0.2) is 4.98 Å². The largest absolute Gasteiger partial charge is 0.257 e. The summed E-state index contributed by atoms with van der Waals surface area (Å²) in [7, 11) is 0. The number of nitrogens with zero attached hydrogens (tertiary/aromatic N) is 1.